The van der Waals surface area contributed by atoms with Crippen LogP contribution in [0, 0.1) is 16.7 Å². The molecule has 0 saturated heterocycles. The average Bonchev–Trinajstić information content (AvgIpc) is 3.02. The Labute approximate surface area is 131 Å². The van der Waals surface area contributed by atoms with Crippen LogP contribution in [0.5, 0.6) is 5.75 Å². The first kappa shape index (κ1) is 15.1. The second-order valence-corrected chi connectivity index (χ2v) is 6.98. The van der Waals surface area contributed by atoms with E-state index in [1.54, 1.807) is 0 Å². The summed E-state index contributed by atoms with van der Waals surface area (Å²) in [6.45, 7) is 6.49. The molecular weight excluding hydrogens is 278 g/mol. The van der Waals surface area contributed by atoms with Gasteiger partial charge in [-0.3, -0.25) is 9.59 Å². The zero-order valence-electron chi connectivity index (χ0n) is 13.4. The highest BCUT2D eigenvalue weighted by molar-refractivity contribution is 6.15. The third kappa shape index (κ3) is 2.13. The Morgan fingerprint density at radius 2 is 2.00 bits per heavy atom. The van der Waals surface area contributed by atoms with E-state index in [0.717, 1.165) is 12.2 Å². The van der Waals surface area contributed by atoms with Gasteiger partial charge in [0.25, 0.3) is 0 Å². The first-order valence-electron chi connectivity index (χ1n) is 7.99. The van der Waals surface area contributed by atoms with Crippen LogP contribution >= 0.6 is 0 Å². The number of hydrogen-bond acceptors (Lipinski definition) is 3. The van der Waals surface area contributed by atoms with Gasteiger partial charge in [0.05, 0.1) is 6.61 Å². The minimum Gasteiger partial charge on any atom is -0.494 e. The van der Waals surface area contributed by atoms with E-state index in [9.17, 15) is 9.59 Å². The number of anilines is 1. The Morgan fingerprint density at radius 3 is 2.55 bits per heavy atom. The summed E-state index contributed by atoms with van der Waals surface area (Å²) in [6, 6.07) is 7.29. The van der Waals surface area contributed by atoms with Gasteiger partial charge in [-0.25, -0.2) is 0 Å². The number of nitrogens with one attached hydrogen (secondary N) is 1. The molecule has 0 spiro atoms. The van der Waals surface area contributed by atoms with Crippen molar-refractivity contribution in [2.45, 2.75) is 40.0 Å². The van der Waals surface area contributed by atoms with Crippen molar-refractivity contribution in [1.82, 2.24) is 0 Å². The number of ether oxygens (including phenoxy) is 1. The van der Waals surface area contributed by atoms with Gasteiger partial charge >= 0.3 is 0 Å². The maximum absolute atomic E-state index is 12.7. The van der Waals surface area contributed by atoms with Crippen LogP contribution in [0.4, 0.5) is 5.69 Å². The molecule has 0 radical (unpaired) electrons. The highest BCUT2D eigenvalue weighted by Gasteiger charge is 2.64. The quantitative estimate of drug-likeness (QED) is 0.867. The molecule has 0 aliphatic heterocycles. The fourth-order valence-electron chi connectivity index (χ4n) is 4.03. The van der Waals surface area contributed by atoms with Crippen LogP contribution in [0.15, 0.2) is 24.3 Å². The smallest absolute Gasteiger partial charge is 0.238 e. The minimum absolute atomic E-state index is 0.111. The zero-order chi connectivity index (χ0) is 16.0. The van der Waals surface area contributed by atoms with Crippen LogP contribution < -0.4 is 10.1 Å². The van der Waals surface area contributed by atoms with E-state index in [1.807, 2.05) is 45.0 Å². The van der Waals surface area contributed by atoms with Gasteiger partial charge in [-0.1, -0.05) is 13.8 Å². The van der Waals surface area contributed by atoms with Crippen molar-refractivity contribution in [3.63, 3.8) is 0 Å². The molecule has 0 heterocycles. The second kappa shape index (κ2) is 5.11. The minimum atomic E-state index is -0.813. The van der Waals surface area contributed by atoms with E-state index >= 15 is 0 Å². The Balaban J connectivity index is 1.76. The predicted molar refractivity (Wildman–Crippen MR) is 84.8 cm³/mol. The van der Waals surface area contributed by atoms with Gasteiger partial charge in [-0.15, -0.1) is 0 Å². The summed E-state index contributed by atoms with van der Waals surface area (Å²) in [5, 5.41) is 2.92. The largest absolute Gasteiger partial charge is 0.494 e. The normalized spacial score (nSPS) is 28.7. The van der Waals surface area contributed by atoms with Crippen molar-refractivity contribution in [2.75, 3.05) is 11.9 Å². The van der Waals surface area contributed by atoms with Crippen LogP contribution in [0.1, 0.15) is 40.0 Å². The van der Waals surface area contributed by atoms with Gasteiger partial charge < -0.3 is 10.1 Å². The summed E-state index contributed by atoms with van der Waals surface area (Å²) in [6.07, 6.45) is 2.35. The molecule has 1 N–H and O–H groups in total. The number of rotatable bonds is 4. The van der Waals surface area contributed by atoms with Gasteiger partial charge in [0, 0.05) is 11.1 Å². The first-order chi connectivity index (χ1) is 10.4. The molecule has 118 valence electrons. The highest BCUT2D eigenvalue weighted by atomic mass is 16.5. The van der Waals surface area contributed by atoms with E-state index < -0.39 is 5.41 Å². The number of carbonyl (C=O) groups excluding carboxylic acids is 2. The van der Waals surface area contributed by atoms with Gasteiger partial charge in [0.15, 0.2) is 5.78 Å². The molecule has 4 heteroatoms. The molecule has 2 bridgehead atoms. The van der Waals surface area contributed by atoms with Crippen molar-refractivity contribution in [3.05, 3.63) is 24.3 Å². The number of fused-ring (bicyclic) bond motifs is 2. The molecule has 2 fully saturated rings. The topological polar surface area (TPSA) is 55.4 Å². The van der Waals surface area contributed by atoms with Crippen LogP contribution in [0.2, 0.25) is 0 Å². The third-order valence-corrected chi connectivity index (χ3v) is 5.41. The highest BCUT2D eigenvalue weighted by Crippen LogP contribution is 2.60. The summed E-state index contributed by atoms with van der Waals surface area (Å²) < 4.78 is 5.39. The molecule has 4 nitrogen and oxygen atoms in total. The van der Waals surface area contributed by atoms with E-state index in [-0.39, 0.29) is 17.1 Å². The summed E-state index contributed by atoms with van der Waals surface area (Å²) in [4.78, 5) is 25.4. The number of ketones is 1. The Kier molecular flexibility index (Phi) is 3.50. The maximum atomic E-state index is 12.7. The molecule has 0 unspecified atom stereocenters. The summed E-state index contributed by atoms with van der Waals surface area (Å²) in [7, 11) is 0. The van der Waals surface area contributed by atoms with E-state index in [2.05, 4.69) is 5.32 Å². The van der Waals surface area contributed by atoms with E-state index in [4.69, 9.17) is 4.74 Å². The Morgan fingerprint density at radius 1 is 1.32 bits per heavy atom. The number of benzene rings is 1. The van der Waals surface area contributed by atoms with Crippen LogP contribution in [-0.2, 0) is 9.59 Å². The molecule has 1 aromatic rings. The Bertz CT molecular complexity index is 605. The molecule has 2 aliphatic rings. The molecule has 2 atom stereocenters. The van der Waals surface area contributed by atoms with Crippen LogP contribution in [-0.4, -0.2) is 18.3 Å². The molecule has 1 aromatic carbocycles. The van der Waals surface area contributed by atoms with Crippen molar-refractivity contribution in [3.8, 4) is 5.75 Å². The van der Waals surface area contributed by atoms with Crippen molar-refractivity contribution >= 4 is 17.4 Å². The van der Waals surface area contributed by atoms with E-state index in [0.29, 0.717) is 31.1 Å². The van der Waals surface area contributed by atoms with Gasteiger partial charge in [-0.05, 0) is 56.4 Å². The van der Waals surface area contributed by atoms with Crippen molar-refractivity contribution in [2.24, 2.45) is 16.7 Å². The SMILES string of the molecule is CCOc1ccc(NC(=O)[C@@]23CC[C@H](C2)C(C)(C)C3=O)cc1. The average molecular weight is 301 g/mol. The summed E-state index contributed by atoms with van der Waals surface area (Å²) >= 11 is 0. The monoisotopic (exact) mass is 301 g/mol. The fraction of sp³-hybridized carbons (Fsp3) is 0.556. The number of hydrogen-bond donors (Lipinski definition) is 1. The molecule has 2 aliphatic carbocycles. The zero-order valence-corrected chi connectivity index (χ0v) is 13.4. The lowest BCUT2D eigenvalue weighted by Crippen LogP contribution is -2.44. The van der Waals surface area contributed by atoms with Gasteiger partial charge in [0.1, 0.15) is 11.2 Å². The van der Waals surface area contributed by atoms with E-state index in [1.165, 1.54) is 0 Å². The number of carbonyl (C=O) groups is 2. The Hall–Kier alpha value is -1.84. The first-order valence-corrected chi connectivity index (χ1v) is 7.99. The lowest BCUT2D eigenvalue weighted by Gasteiger charge is -2.32. The predicted octanol–water partition coefficient (Wildman–Crippen LogP) is 3.42. The number of amides is 1. The molecule has 0 aromatic heterocycles. The molecule has 3 rings (SSSR count). The second-order valence-electron chi connectivity index (χ2n) is 6.98. The van der Waals surface area contributed by atoms with Crippen LogP contribution in [0.25, 0.3) is 0 Å². The summed E-state index contributed by atoms with van der Waals surface area (Å²) in [5.74, 6) is 1.08. The standard InChI is InChI=1S/C18H23NO3/c1-4-22-14-7-5-13(6-8-14)19-16(21)18-10-9-12(11-18)17(2,3)15(18)20/h5-8,12H,4,9-11H2,1-3H3,(H,19,21)/t12-,18+/m1/s1. The summed E-state index contributed by atoms with van der Waals surface area (Å²) in [5.41, 5.74) is -0.468. The van der Waals surface area contributed by atoms with Crippen molar-refractivity contribution in [1.29, 1.82) is 0 Å². The fourth-order valence-corrected chi connectivity index (χ4v) is 4.03. The molecular formula is C18H23NO3. The van der Waals surface area contributed by atoms with Gasteiger partial charge in [-0.2, -0.15) is 0 Å². The van der Waals surface area contributed by atoms with Crippen molar-refractivity contribution < 1.29 is 14.3 Å². The molecule has 1 amide bonds. The maximum Gasteiger partial charge on any atom is 0.238 e. The third-order valence-electron chi connectivity index (χ3n) is 5.41. The van der Waals surface area contributed by atoms with Gasteiger partial charge in [0.2, 0.25) is 5.91 Å². The molecule has 22 heavy (non-hydrogen) atoms. The van der Waals surface area contributed by atoms with Crippen LogP contribution in [0.3, 0.4) is 0 Å². The lowest BCUT2D eigenvalue weighted by molar-refractivity contribution is -0.142. The number of Topliss-reactive ketones (excluding diaryl/α,β-unsaturated/α-hetero) is 1. The lowest BCUT2D eigenvalue weighted by atomic mass is 9.70. The molecule has 2 saturated carbocycles.